The fourth-order valence-corrected chi connectivity index (χ4v) is 6.56. The smallest absolute Gasteiger partial charge is 0.0565 e. The van der Waals surface area contributed by atoms with Crippen LogP contribution >= 0.6 is 0 Å². The molecule has 1 atom stereocenters. The molecular weight excluding hydrogens is 352 g/mol. The summed E-state index contributed by atoms with van der Waals surface area (Å²) >= 11 is 0. The van der Waals surface area contributed by atoms with E-state index in [2.05, 4.69) is 50.0 Å². The maximum Gasteiger partial charge on any atom is 0.0565 e. The molecular formula is C28H44O. The van der Waals surface area contributed by atoms with Gasteiger partial charge >= 0.3 is 0 Å². The molecule has 1 unspecified atom stereocenters. The van der Waals surface area contributed by atoms with Crippen molar-refractivity contribution < 1.29 is 4.74 Å². The topological polar surface area (TPSA) is 9.23 Å². The second kappa shape index (κ2) is 11.3. The largest absolute Gasteiger partial charge is 0.381 e. The molecule has 0 aromatic rings. The molecule has 0 aromatic heterocycles. The van der Waals surface area contributed by atoms with Gasteiger partial charge in [-0.1, -0.05) is 68.7 Å². The van der Waals surface area contributed by atoms with Gasteiger partial charge in [0.2, 0.25) is 0 Å². The Labute approximate surface area is 180 Å². The Morgan fingerprint density at radius 2 is 1.86 bits per heavy atom. The number of unbranched alkanes of at least 4 members (excludes halogenated alkanes) is 1. The van der Waals surface area contributed by atoms with Crippen LogP contribution in [0.15, 0.2) is 49.1 Å². The molecule has 0 radical (unpaired) electrons. The van der Waals surface area contributed by atoms with Gasteiger partial charge in [-0.05, 0) is 81.5 Å². The molecule has 1 heteroatoms. The summed E-state index contributed by atoms with van der Waals surface area (Å²) in [6.07, 6.45) is 33.6. The highest BCUT2D eigenvalue weighted by Gasteiger charge is 2.54. The van der Waals surface area contributed by atoms with E-state index in [-0.39, 0.29) is 5.41 Å². The normalized spacial score (nSPS) is 31.9. The van der Waals surface area contributed by atoms with Gasteiger partial charge in [0.15, 0.2) is 0 Å². The van der Waals surface area contributed by atoms with Crippen molar-refractivity contribution in [2.75, 3.05) is 13.2 Å². The van der Waals surface area contributed by atoms with Gasteiger partial charge < -0.3 is 4.74 Å². The van der Waals surface area contributed by atoms with Crippen LogP contribution in [0.25, 0.3) is 0 Å². The van der Waals surface area contributed by atoms with Gasteiger partial charge in [0, 0.05) is 12.0 Å². The Bertz CT molecular complexity index is 569. The molecule has 0 bridgehead atoms. The van der Waals surface area contributed by atoms with Crippen molar-refractivity contribution in [3.63, 3.8) is 0 Å². The molecule has 162 valence electrons. The van der Waals surface area contributed by atoms with E-state index in [0.29, 0.717) is 5.41 Å². The van der Waals surface area contributed by atoms with Crippen molar-refractivity contribution >= 4 is 0 Å². The molecule has 2 fully saturated rings. The van der Waals surface area contributed by atoms with Crippen molar-refractivity contribution in [1.82, 2.24) is 0 Å². The van der Waals surface area contributed by atoms with Gasteiger partial charge in [0.25, 0.3) is 0 Å². The minimum absolute atomic E-state index is 0.201. The van der Waals surface area contributed by atoms with E-state index in [1.165, 1.54) is 70.6 Å². The van der Waals surface area contributed by atoms with Gasteiger partial charge in [0.1, 0.15) is 0 Å². The molecule has 0 spiro atoms. The van der Waals surface area contributed by atoms with Crippen LogP contribution in [0.2, 0.25) is 0 Å². The number of hydrogen-bond donors (Lipinski definition) is 0. The van der Waals surface area contributed by atoms with Crippen molar-refractivity contribution in [2.24, 2.45) is 22.7 Å². The summed E-state index contributed by atoms with van der Waals surface area (Å²) in [4.78, 5) is 0. The fourth-order valence-electron chi connectivity index (χ4n) is 6.56. The summed E-state index contributed by atoms with van der Waals surface area (Å²) in [7, 11) is 0. The highest BCUT2D eigenvalue weighted by molar-refractivity contribution is 5.23. The van der Waals surface area contributed by atoms with Gasteiger partial charge in [-0.15, -0.1) is 6.58 Å². The Kier molecular flexibility index (Phi) is 8.85. The maximum atomic E-state index is 6.38. The number of allylic oxidation sites excluding steroid dienone is 6. The predicted octanol–water partition coefficient (Wildman–Crippen LogP) is 8.19. The van der Waals surface area contributed by atoms with Crippen molar-refractivity contribution in [3.8, 4) is 0 Å². The van der Waals surface area contributed by atoms with E-state index < -0.39 is 0 Å². The summed E-state index contributed by atoms with van der Waals surface area (Å²) in [5, 5.41) is 0. The molecule has 2 saturated carbocycles. The number of hydrogen-bond acceptors (Lipinski definition) is 1. The van der Waals surface area contributed by atoms with Crippen LogP contribution in [0, 0.1) is 22.7 Å². The van der Waals surface area contributed by atoms with Gasteiger partial charge in [0.05, 0.1) is 6.61 Å². The third-order valence-electron chi connectivity index (χ3n) is 8.14. The first kappa shape index (κ1) is 22.6. The minimum Gasteiger partial charge on any atom is -0.381 e. The second-order valence-electron chi connectivity index (χ2n) is 9.80. The molecule has 1 nitrogen and oxygen atoms in total. The van der Waals surface area contributed by atoms with Gasteiger partial charge in [-0.25, -0.2) is 0 Å². The zero-order valence-corrected chi connectivity index (χ0v) is 18.9. The maximum absolute atomic E-state index is 6.38. The number of ether oxygens (including phenoxy) is 1. The summed E-state index contributed by atoms with van der Waals surface area (Å²) in [5.74, 6) is 1.68. The highest BCUT2D eigenvalue weighted by atomic mass is 16.5. The molecule has 29 heavy (non-hydrogen) atoms. The summed E-state index contributed by atoms with van der Waals surface area (Å²) in [6.45, 7) is 7.88. The zero-order valence-electron chi connectivity index (χ0n) is 18.9. The molecule has 0 saturated heterocycles. The summed E-state index contributed by atoms with van der Waals surface area (Å²) in [6, 6.07) is 0. The molecule has 3 aliphatic carbocycles. The van der Waals surface area contributed by atoms with Crippen molar-refractivity contribution in [1.29, 1.82) is 0 Å². The van der Waals surface area contributed by atoms with E-state index in [0.717, 1.165) is 37.9 Å². The lowest BCUT2D eigenvalue weighted by Crippen LogP contribution is -2.51. The van der Waals surface area contributed by atoms with E-state index in [9.17, 15) is 0 Å². The van der Waals surface area contributed by atoms with E-state index in [4.69, 9.17) is 4.74 Å². The van der Waals surface area contributed by atoms with Crippen LogP contribution < -0.4 is 0 Å². The quantitative estimate of drug-likeness (QED) is 0.267. The van der Waals surface area contributed by atoms with E-state index >= 15 is 0 Å². The van der Waals surface area contributed by atoms with Crippen LogP contribution in [-0.2, 0) is 4.74 Å². The first-order chi connectivity index (χ1) is 14.3. The average Bonchev–Trinajstić information content (AvgIpc) is 2.79. The molecule has 0 aromatic carbocycles. The second-order valence-corrected chi connectivity index (χ2v) is 9.80. The number of rotatable bonds is 10. The first-order valence-corrected chi connectivity index (χ1v) is 12.5. The first-order valence-electron chi connectivity index (χ1n) is 12.5. The van der Waals surface area contributed by atoms with E-state index in [1.807, 2.05) is 6.08 Å². The predicted molar refractivity (Wildman–Crippen MR) is 126 cm³/mol. The average molecular weight is 397 g/mol. The SMILES string of the molecule is C=CCCCOCC1(C2(C3CCC(/C=C/CC)CC3)CCCCC2)C=CC=CC1. The lowest BCUT2D eigenvalue weighted by atomic mass is 9.48. The van der Waals surface area contributed by atoms with Crippen molar-refractivity contribution in [2.45, 2.75) is 90.4 Å². The van der Waals surface area contributed by atoms with E-state index in [1.54, 1.807) is 0 Å². The Hall–Kier alpha value is -1.08. The molecule has 0 aliphatic heterocycles. The Morgan fingerprint density at radius 3 is 2.52 bits per heavy atom. The van der Waals surface area contributed by atoms with Crippen LogP contribution in [0.4, 0.5) is 0 Å². The van der Waals surface area contributed by atoms with Crippen LogP contribution in [0.1, 0.15) is 90.4 Å². The summed E-state index contributed by atoms with van der Waals surface area (Å²) in [5.41, 5.74) is 0.636. The highest BCUT2D eigenvalue weighted by Crippen LogP contribution is 2.61. The zero-order chi connectivity index (χ0) is 20.4. The summed E-state index contributed by atoms with van der Waals surface area (Å²) < 4.78 is 6.38. The fraction of sp³-hybridized carbons (Fsp3) is 0.714. The lowest BCUT2D eigenvalue weighted by Gasteiger charge is -2.57. The molecule has 0 amide bonds. The molecule has 3 aliphatic rings. The monoisotopic (exact) mass is 396 g/mol. The van der Waals surface area contributed by atoms with Crippen LogP contribution in [-0.4, -0.2) is 13.2 Å². The Morgan fingerprint density at radius 1 is 1.07 bits per heavy atom. The molecule has 3 rings (SSSR count). The minimum atomic E-state index is 0.201. The van der Waals surface area contributed by atoms with Crippen LogP contribution in [0.3, 0.4) is 0 Å². The third kappa shape index (κ3) is 5.35. The third-order valence-corrected chi connectivity index (χ3v) is 8.14. The molecule has 0 N–H and O–H groups in total. The van der Waals surface area contributed by atoms with Crippen LogP contribution in [0.5, 0.6) is 0 Å². The Balaban J connectivity index is 1.77. The van der Waals surface area contributed by atoms with Crippen molar-refractivity contribution in [3.05, 3.63) is 49.1 Å². The lowest BCUT2D eigenvalue weighted by molar-refractivity contribution is -0.0864. The molecule has 0 heterocycles. The van der Waals surface area contributed by atoms with Gasteiger partial charge in [-0.2, -0.15) is 0 Å². The van der Waals surface area contributed by atoms with Gasteiger partial charge in [-0.3, -0.25) is 0 Å². The standard InChI is InChI=1S/C28H44O/c1-3-5-13-23-29-24-27(19-9-7-10-20-27)28(21-11-8-12-22-28)26-17-15-25(16-18-26)14-6-4-2/h3,6-7,9-10,14,19,25-26H,1,4-5,8,11-13,15-18,20-24H2,2H3/b14-6+.